The minimum Gasteiger partial charge on any atom is -0.355 e. The lowest BCUT2D eigenvalue weighted by atomic mass is 9.96. The molecule has 0 radical (unpaired) electrons. The Morgan fingerprint density at radius 1 is 1.14 bits per heavy atom. The largest absolute Gasteiger partial charge is 0.355 e. The van der Waals surface area contributed by atoms with Crippen molar-refractivity contribution in [1.82, 2.24) is 15.6 Å². The number of carbonyl (C=O) groups is 2. The van der Waals surface area contributed by atoms with Gasteiger partial charge in [0, 0.05) is 24.5 Å². The van der Waals surface area contributed by atoms with Gasteiger partial charge in [-0.1, -0.05) is 42.5 Å². The molecule has 0 aliphatic rings. The van der Waals surface area contributed by atoms with Crippen LogP contribution in [0.1, 0.15) is 31.4 Å². The first-order valence-electron chi connectivity index (χ1n) is 8.73. The summed E-state index contributed by atoms with van der Waals surface area (Å²) in [7, 11) is 1.61. The zero-order valence-electron chi connectivity index (χ0n) is 15.4. The topological polar surface area (TPSA) is 71.1 Å². The van der Waals surface area contributed by atoms with Crippen LogP contribution in [0.4, 0.5) is 0 Å². The van der Waals surface area contributed by atoms with Crippen molar-refractivity contribution in [2.75, 3.05) is 13.6 Å². The molecule has 0 bridgehead atoms. The molecule has 2 amide bonds. The highest BCUT2D eigenvalue weighted by atomic mass is 32.1. The van der Waals surface area contributed by atoms with Crippen molar-refractivity contribution in [3.63, 3.8) is 0 Å². The summed E-state index contributed by atoms with van der Waals surface area (Å²) >= 11 is 1.26. The molecule has 140 valence electrons. The van der Waals surface area contributed by atoms with Crippen molar-refractivity contribution in [3.05, 3.63) is 75.7 Å². The summed E-state index contributed by atoms with van der Waals surface area (Å²) in [4.78, 5) is 28.5. The van der Waals surface area contributed by atoms with Crippen molar-refractivity contribution >= 4 is 23.2 Å². The Hall–Kier alpha value is -3.43. The second-order valence-electron chi connectivity index (χ2n) is 6.01. The number of thiazole rings is 1. The molecule has 2 N–H and O–H groups in total. The molecule has 5 nitrogen and oxygen atoms in total. The van der Waals surface area contributed by atoms with Gasteiger partial charge in [0.1, 0.15) is 5.69 Å². The van der Waals surface area contributed by atoms with E-state index in [4.69, 9.17) is 6.42 Å². The van der Waals surface area contributed by atoms with Crippen LogP contribution in [-0.2, 0) is 6.42 Å². The summed E-state index contributed by atoms with van der Waals surface area (Å²) < 4.78 is 0. The smallest absolute Gasteiger partial charge is 0.270 e. The van der Waals surface area contributed by atoms with E-state index in [0.717, 1.165) is 16.7 Å². The van der Waals surface area contributed by atoms with Crippen LogP contribution in [0, 0.1) is 12.3 Å². The molecule has 0 saturated heterocycles. The Morgan fingerprint density at radius 2 is 1.93 bits per heavy atom. The first-order valence-corrected chi connectivity index (χ1v) is 9.61. The van der Waals surface area contributed by atoms with Gasteiger partial charge in [0.2, 0.25) is 0 Å². The van der Waals surface area contributed by atoms with Gasteiger partial charge in [-0.2, -0.15) is 0 Å². The van der Waals surface area contributed by atoms with E-state index < -0.39 is 0 Å². The number of carbonyl (C=O) groups excluding carboxylic acids is 2. The molecule has 0 saturated carbocycles. The van der Waals surface area contributed by atoms with Gasteiger partial charge in [0.05, 0.1) is 0 Å². The molecule has 1 aromatic heterocycles. The molecule has 3 rings (SSSR count). The van der Waals surface area contributed by atoms with E-state index in [1.54, 1.807) is 12.4 Å². The number of amides is 2. The molecule has 1 heterocycles. The Labute approximate surface area is 167 Å². The van der Waals surface area contributed by atoms with Crippen LogP contribution in [0.5, 0.6) is 0 Å². The number of terminal acetylenes is 1. The SMILES string of the molecule is C#Cc1nc(C(=O)NCCc2ccc(-c3ccccc3)c(C(=O)NC)c2)cs1. The monoisotopic (exact) mass is 389 g/mol. The van der Waals surface area contributed by atoms with Gasteiger partial charge in [0.15, 0.2) is 5.01 Å². The van der Waals surface area contributed by atoms with E-state index in [1.807, 2.05) is 48.5 Å². The van der Waals surface area contributed by atoms with E-state index in [1.165, 1.54) is 11.3 Å². The number of aromatic nitrogens is 1. The van der Waals surface area contributed by atoms with Crippen LogP contribution in [0.15, 0.2) is 53.9 Å². The molecule has 28 heavy (non-hydrogen) atoms. The number of nitrogens with one attached hydrogen (secondary N) is 2. The van der Waals surface area contributed by atoms with Crippen LogP contribution in [0.25, 0.3) is 11.1 Å². The summed E-state index contributed by atoms with van der Waals surface area (Å²) in [6.45, 7) is 0.430. The predicted molar refractivity (Wildman–Crippen MR) is 111 cm³/mol. The predicted octanol–water partition coefficient (Wildman–Crippen LogP) is 3.12. The lowest BCUT2D eigenvalue weighted by Crippen LogP contribution is -2.26. The lowest BCUT2D eigenvalue weighted by molar-refractivity contribution is 0.0945. The molecule has 0 aliphatic carbocycles. The van der Waals surface area contributed by atoms with Crippen LogP contribution in [-0.4, -0.2) is 30.4 Å². The van der Waals surface area contributed by atoms with Gasteiger partial charge < -0.3 is 10.6 Å². The third kappa shape index (κ3) is 4.45. The average molecular weight is 389 g/mol. The highest BCUT2D eigenvalue weighted by Gasteiger charge is 2.13. The van der Waals surface area contributed by atoms with Crippen molar-refractivity contribution in [3.8, 4) is 23.5 Å². The minimum absolute atomic E-state index is 0.144. The Balaban J connectivity index is 1.71. The summed E-state index contributed by atoms with van der Waals surface area (Å²) in [5.74, 6) is 2.01. The quantitative estimate of drug-likeness (QED) is 0.637. The van der Waals surface area contributed by atoms with Gasteiger partial charge in [0.25, 0.3) is 11.8 Å². The standard InChI is InChI=1S/C22H19N3O2S/c1-3-20-25-19(14-28-20)22(27)24-12-11-15-9-10-17(16-7-5-4-6-8-16)18(13-15)21(26)23-2/h1,4-10,13-14H,11-12H2,2H3,(H,23,26)(H,24,27). The van der Waals surface area contributed by atoms with Crippen LogP contribution < -0.4 is 10.6 Å². The Kier molecular flexibility index (Phi) is 6.20. The Morgan fingerprint density at radius 3 is 2.61 bits per heavy atom. The van der Waals surface area contributed by atoms with E-state index in [0.29, 0.717) is 29.2 Å². The number of benzene rings is 2. The maximum absolute atomic E-state index is 12.4. The second kappa shape index (κ2) is 8.98. The fourth-order valence-corrected chi connectivity index (χ4v) is 3.40. The molecule has 3 aromatic rings. The third-order valence-electron chi connectivity index (χ3n) is 4.20. The number of hydrogen-bond acceptors (Lipinski definition) is 4. The van der Waals surface area contributed by atoms with Gasteiger partial charge in [-0.15, -0.1) is 17.8 Å². The van der Waals surface area contributed by atoms with Crippen LogP contribution in [0.2, 0.25) is 0 Å². The van der Waals surface area contributed by atoms with Crippen molar-refractivity contribution in [2.45, 2.75) is 6.42 Å². The zero-order valence-corrected chi connectivity index (χ0v) is 16.2. The van der Waals surface area contributed by atoms with Gasteiger partial charge in [-0.25, -0.2) is 4.98 Å². The summed E-state index contributed by atoms with van der Waals surface area (Å²) in [6, 6.07) is 15.5. The van der Waals surface area contributed by atoms with Crippen molar-refractivity contribution in [2.24, 2.45) is 0 Å². The highest BCUT2D eigenvalue weighted by Crippen LogP contribution is 2.25. The molecule has 0 fully saturated rings. The average Bonchev–Trinajstić information content (AvgIpc) is 3.23. The van der Waals surface area contributed by atoms with Gasteiger partial charge in [-0.05, 0) is 35.1 Å². The van der Waals surface area contributed by atoms with Crippen molar-refractivity contribution in [1.29, 1.82) is 0 Å². The molecule has 6 heteroatoms. The molecule has 0 atom stereocenters. The minimum atomic E-state index is -0.259. The first-order chi connectivity index (χ1) is 13.6. The molecular formula is C22H19N3O2S. The summed E-state index contributed by atoms with van der Waals surface area (Å²) in [5.41, 5.74) is 3.74. The van der Waals surface area contributed by atoms with Crippen molar-refractivity contribution < 1.29 is 9.59 Å². The number of hydrogen-bond donors (Lipinski definition) is 2. The number of nitrogens with zero attached hydrogens (tertiary/aromatic N) is 1. The van der Waals surface area contributed by atoms with E-state index in [-0.39, 0.29) is 11.8 Å². The first kappa shape index (κ1) is 19.3. The van der Waals surface area contributed by atoms with E-state index in [2.05, 4.69) is 21.5 Å². The molecule has 0 aliphatic heterocycles. The summed E-state index contributed by atoms with van der Waals surface area (Å²) in [5, 5.41) is 7.65. The lowest BCUT2D eigenvalue weighted by Gasteiger charge is -2.12. The van der Waals surface area contributed by atoms with E-state index >= 15 is 0 Å². The molecule has 0 unspecified atom stereocenters. The maximum Gasteiger partial charge on any atom is 0.270 e. The maximum atomic E-state index is 12.4. The normalized spacial score (nSPS) is 10.1. The van der Waals surface area contributed by atoms with Crippen LogP contribution in [0.3, 0.4) is 0 Å². The third-order valence-corrected chi connectivity index (χ3v) is 4.97. The van der Waals surface area contributed by atoms with Gasteiger partial charge >= 0.3 is 0 Å². The summed E-state index contributed by atoms with van der Waals surface area (Å²) in [6.07, 6.45) is 5.87. The fraction of sp³-hybridized carbons (Fsp3) is 0.136. The second-order valence-corrected chi connectivity index (χ2v) is 6.87. The molecule has 2 aromatic carbocycles. The molecule has 0 spiro atoms. The highest BCUT2D eigenvalue weighted by molar-refractivity contribution is 7.10. The molecular weight excluding hydrogens is 370 g/mol. The Bertz CT molecular complexity index is 1040. The van der Waals surface area contributed by atoms with Crippen LogP contribution >= 0.6 is 11.3 Å². The fourth-order valence-electron chi connectivity index (χ4n) is 2.79. The number of rotatable bonds is 6. The zero-order chi connectivity index (χ0) is 19.9. The van der Waals surface area contributed by atoms with E-state index in [9.17, 15) is 9.59 Å². The van der Waals surface area contributed by atoms with Gasteiger partial charge in [-0.3, -0.25) is 9.59 Å².